The van der Waals surface area contributed by atoms with Crippen LogP contribution in [0.3, 0.4) is 0 Å². The SMILES string of the molecule is O=C(C1CCCN1S(=O)(=O)c1cccs1)N(Cc1ccccc1)c1nc2c(Cl)cccc2s1. The van der Waals surface area contributed by atoms with Crippen molar-refractivity contribution in [3.05, 3.63) is 76.6 Å². The number of hydrogen-bond acceptors (Lipinski definition) is 6. The minimum atomic E-state index is -3.74. The van der Waals surface area contributed by atoms with E-state index < -0.39 is 16.1 Å². The van der Waals surface area contributed by atoms with Gasteiger partial charge in [0, 0.05) is 6.54 Å². The van der Waals surface area contributed by atoms with Crippen LogP contribution in [0.5, 0.6) is 0 Å². The van der Waals surface area contributed by atoms with Crippen LogP contribution in [0.15, 0.2) is 70.3 Å². The molecular formula is C23H20ClN3O3S3. The lowest BCUT2D eigenvalue weighted by Crippen LogP contribution is -2.47. The van der Waals surface area contributed by atoms with Crippen LogP contribution in [0, 0.1) is 0 Å². The molecular weight excluding hydrogens is 498 g/mol. The Hall–Kier alpha value is -2.30. The first-order chi connectivity index (χ1) is 15.9. The van der Waals surface area contributed by atoms with Gasteiger partial charge in [0.2, 0.25) is 5.91 Å². The number of sulfonamides is 1. The summed E-state index contributed by atoms with van der Waals surface area (Å²) in [6, 6.07) is 17.7. The number of hydrogen-bond donors (Lipinski definition) is 0. The molecule has 170 valence electrons. The molecule has 0 aliphatic carbocycles. The molecule has 1 unspecified atom stereocenters. The maximum absolute atomic E-state index is 13.9. The number of thiophene rings is 1. The summed E-state index contributed by atoms with van der Waals surface area (Å²) >= 11 is 8.88. The van der Waals surface area contributed by atoms with Crippen LogP contribution in [0.25, 0.3) is 10.2 Å². The molecule has 0 N–H and O–H groups in total. The highest BCUT2D eigenvalue weighted by atomic mass is 35.5. The van der Waals surface area contributed by atoms with E-state index in [9.17, 15) is 13.2 Å². The number of thiazole rings is 1. The number of anilines is 1. The Labute approximate surface area is 205 Å². The molecule has 1 amide bonds. The van der Waals surface area contributed by atoms with Crippen molar-refractivity contribution in [2.75, 3.05) is 11.4 Å². The Kier molecular flexibility index (Phi) is 6.24. The Morgan fingerprint density at radius 2 is 1.94 bits per heavy atom. The van der Waals surface area contributed by atoms with E-state index >= 15 is 0 Å². The first kappa shape index (κ1) is 22.5. The normalized spacial score (nSPS) is 16.9. The number of para-hydroxylation sites is 1. The van der Waals surface area contributed by atoms with E-state index in [2.05, 4.69) is 4.98 Å². The van der Waals surface area contributed by atoms with Gasteiger partial charge in [-0.1, -0.05) is 65.4 Å². The van der Waals surface area contributed by atoms with Crippen LogP contribution in [-0.2, 0) is 21.4 Å². The number of benzene rings is 2. The van der Waals surface area contributed by atoms with Crippen molar-refractivity contribution in [2.45, 2.75) is 29.6 Å². The summed E-state index contributed by atoms with van der Waals surface area (Å²) in [6.07, 6.45) is 1.10. The van der Waals surface area contributed by atoms with Crippen molar-refractivity contribution >= 4 is 65.6 Å². The lowest BCUT2D eigenvalue weighted by Gasteiger charge is -2.28. The largest absolute Gasteiger partial charge is 0.282 e. The molecule has 1 aliphatic heterocycles. The standard InChI is InChI=1S/C23H20ClN3O3S3/c24-17-9-4-11-19-21(17)25-23(32-19)26(15-16-7-2-1-3-8-16)22(28)18-10-5-13-27(18)33(29,30)20-12-6-14-31-20/h1-4,6-9,11-12,14,18H,5,10,13,15H2. The molecule has 0 radical (unpaired) electrons. The molecule has 1 saturated heterocycles. The topological polar surface area (TPSA) is 70.6 Å². The van der Waals surface area contributed by atoms with E-state index in [4.69, 9.17) is 11.6 Å². The molecule has 6 nitrogen and oxygen atoms in total. The fourth-order valence-corrected chi connectivity index (χ4v) is 8.05. The Balaban J connectivity index is 1.54. The van der Waals surface area contributed by atoms with E-state index in [-0.39, 0.29) is 10.1 Å². The Morgan fingerprint density at radius 1 is 1.12 bits per heavy atom. The third-order valence-electron chi connectivity index (χ3n) is 5.59. The number of carbonyl (C=O) groups is 1. The van der Waals surface area contributed by atoms with Gasteiger partial charge in [0.05, 0.1) is 16.3 Å². The van der Waals surface area contributed by atoms with Crippen molar-refractivity contribution < 1.29 is 13.2 Å². The van der Waals surface area contributed by atoms with Crippen LogP contribution in [-0.4, -0.2) is 36.2 Å². The molecule has 2 aromatic carbocycles. The first-order valence-electron chi connectivity index (χ1n) is 10.4. The fraction of sp³-hybridized carbons (Fsp3) is 0.217. The third-order valence-corrected chi connectivity index (χ3v) is 10.2. The van der Waals surface area contributed by atoms with E-state index in [0.29, 0.717) is 41.6 Å². The zero-order valence-electron chi connectivity index (χ0n) is 17.4. The molecule has 5 rings (SSSR count). The summed E-state index contributed by atoms with van der Waals surface area (Å²) < 4.78 is 29.0. The van der Waals surface area contributed by atoms with Crippen LogP contribution >= 0.6 is 34.3 Å². The Bertz CT molecular complexity index is 1390. The summed E-state index contributed by atoms with van der Waals surface area (Å²) in [5, 5.41) is 2.75. The Morgan fingerprint density at radius 3 is 2.67 bits per heavy atom. The summed E-state index contributed by atoms with van der Waals surface area (Å²) in [4.78, 5) is 20.2. The second-order valence-electron chi connectivity index (χ2n) is 7.70. The van der Waals surface area contributed by atoms with Gasteiger partial charge in [-0.15, -0.1) is 11.3 Å². The number of aromatic nitrogens is 1. The van der Waals surface area contributed by atoms with E-state index in [1.54, 1.807) is 28.5 Å². The van der Waals surface area contributed by atoms with E-state index in [0.717, 1.165) is 21.6 Å². The van der Waals surface area contributed by atoms with Crippen LogP contribution in [0.2, 0.25) is 5.02 Å². The molecule has 0 saturated carbocycles. The van der Waals surface area contributed by atoms with Crippen LogP contribution in [0.1, 0.15) is 18.4 Å². The molecule has 2 aromatic heterocycles. The van der Waals surface area contributed by atoms with Gasteiger partial charge in [0.1, 0.15) is 15.8 Å². The number of carbonyl (C=O) groups excluding carboxylic acids is 1. The summed E-state index contributed by atoms with van der Waals surface area (Å²) in [6.45, 7) is 0.613. The van der Waals surface area contributed by atoms with Gasteiger partial charge >= 0.3 is 0 Å². The molecule has 10 heteroatoms. The van der Waals surface area contributed by atoms with Crippen LogP contribution in [0.4, 0.5) is 5.13 Å². The molecule has 33 heavy (non-hydrogen) atoms. The molecule has 1 fully saturated rings. The van der Waals surface area contributed by atoms with Gasteiger partial charge in [0.25, 0.3) is 10.0 Å². The zero-order chi connectivity index (χ0) is 23.0. The molecule has 1 aliphatic rings. The van der Waals surface area contributed by atoms with Crippen LogP contribution < -0.4 is 4.90 Å². The second kappa shape index (κ2) is 9.15. The number of fused-ring (bicyclic) bond motifs is 1. The quantitative estimate of drug-likeness (QED) is 0.343. The molecule has 4 aromatic rings. The third kappa shape index (κ3) is 4.31. The smallest absolute Gasteiger partial charge is 0.253 e. The number of nitrogens with zero attached hydrogens (tertiary/aromatic N) is 3. The maximum Gasteiger partial charge on any atom is 0.253 e. The lowest BCUT2D eigenvalue weighted by atomic mass is 10.1. The fourth-order valence-electron chi connectivity index (χ4n) is 4.00. The zero-order valence-corrected chi connectivity index (χ0v) is 20.6. The van der Waals surface area contributed by atoms with E-state index in [1.807, 2.05) is 42.5 Å². The van der Waals surface area contributed by atoms with Gasteiger partial charge < -0.3 is 0 Å². The summed E-state index contributed by atoms with van der Waals surface area (Å²) in [5.74, 6) is -0.272. The van der Waals surface area contributed by atoms with Crippen molar-refractivity contribution in [2.24, 2.45) is 0 Å². The average Bonchev–Trinajstić information content (AvgIpc) is 3.58. The molecule has 1 atom stereocenters. The molecule has 3 heterocycles. The minimum Gasteiger partial charge on any atom is -0.282 e. The van der Waals surface area contributed by atoms with Gasteiger partial charge in [0.15, 0.2) is 5.13 Å². The molecule has 0 spiro atoms. The minimum absolute atomic E-state index is 0.253. The van der Waals surface area contributed by atoms with Crippen molar-refractivity contribution in [1.82, 2.24) is 9.29 Å². The monoisotopic (exact) mass is 517 g/mol. The van der Waals surface area contributed by atoms with Gasteiger partial charge in [-0.3, -0.25) is 9.69 Å². The highest BCUT2D eigenvalue weighted by Crippen LogP contribution is 2.36. The highest BCUT2D eigenvalue weighted by Gasteiger charge is 2.42. The summed E-state index contributed by atoms with van der Waals surface area (Å²) in [7, 11) is -3.74. The van der Waals surface area contributed by atoms with Crippen molar-refractivity contribution in [3.8, 4) is 0 Å². The molecule has 0 bridgehead atoms. The lowest BCUT2D eigenvalue weighted by molar-refractivity contribution is -0.121. The second-order valence-corrected chi connectivity index (χ2v) is 12.2. The van der Waals surface area contributed by atoms with Gasteiger partial charge in [-0.2, -0.15) is 4.31 Å². The predicted molar refractivity (Wildman–Crippen MR) is 133 cm³/mol. The number of halogens is 1. The van der Waals surface area contributed by atoms with Crippen molar-refractivity contribution in [1.29, 1.82) is 0 Å². The van der Waals surface area contributed by atoms with Crippen molar-refractivity contribution in [3.63, 3.8) is 0 Å². The highest BCUT2D eigenvalue weighted by molar-refractivity contribution is 7.91. The summed E-state index contributed by atoms with van der Waals surface area (Å²) in [5.41, 5.74) is 1.57. The average molecular weight is 518 g/mol. The van der Waals surface area contributed by atoms with Gasteiger partial charge in [-0.05, 0) is 42.0 Å². The number of amides is 1. The first-order valence-corrected chi connectivity index (χ1v) is 13.9. The predicted octanol–water partition coefficient (Wildman–Crippen LogP) is 5.40. The van der Waals surface area contributed by atoms with Gasteiger partial charge in [-0.25, -0.2) is 13.4 Å². The van der Waals surface area contributed by atoms with E-state index in [1.165, 1.54) is 15.6 Å². The number of rotatable bonds is 6. The maximum atomic E-state index is 13.9.